The van der Waals surface area contributed by atoms with Crippen molar-refractivity contribution in [2.75, 3.05) is 0 Å². The number of aromatic nitrogens is 2. The highest BCUT2D eigenvalue weighted by atomic mass is 32.1. The number of hydrogen-bond donors (Lipinski definition) is 1. The first-order valence-corrected chi connectivity index (χ1v) is 5.20. The molecule has 2 heterocycles. The molecule has 0 saturated heterocycles. The maximum atomic E-state index is 9.80. The van der Waals surface area contributed by atoms with E-state index in [1.165, 1.54) is 0 Å². The number of nitrogens with zero attached hydrogens (tertiary/aromatic N) is 2. The lowest BCUT2D eigenvalue weighted by atomic mass is 10.2. The molecule has 72 valence electrons. The summed E-state index contributed by atoms with van der Waals surface area (Å²) < 4.78 is 0. The van der Waals surface area contributed by atoms with Crippen LogP contribution >= 0.6 is 11.3 Å². The summed E-state index contributed by atoms with van der Waals surface area (Å²) in [5.41, 5.74) is 0.626. The lowest BCUT2D eigenvalue weighted by molar-refractivity contribution is 0.174. The van der Waals surface area contributed by atoms with Crippen molar-refractivity contribution in [3.8, 4) is 0 Å². The van der Waals surface area contributed by atoms with E-state index < -0.39 is 6.10 Å². The van der Waals surface area contributed by atoms with Crippen LogP contribution in [0.4, 0.5) is 0 Å². The van der Waals surface area contributed by atoms with Crippen LogP contribution < -0.4 is 0 Å². The molecular weight excluding hydrogens is 196 g/mol. The molecule has 0 spiro atoms. The molecule has 3 nitrogen and oxygen atoms in total. The second kappa shape index (κ2) is 4.30. The number of rotatable bonds is 3. The van der Waals surface area contributed by atoms with Crippen LogP contribution in [0.25, 0.3) is 0 Å². The molecule has 0 saturated carbocycles. The normalized spacial score (nSPS) is 12.6. The monoisotopic (exact) mass is 206 g/mol. The van der Waals surface area contributed by atoms with Crippen LogP contribution in [0.3, 0.4) is 0 Å². The van der Waals surface area contributed by atoms with E-state index in [2.05, 4.69) is 9.97 Å². The van der Waals surface area contributed by atoms with Gasteiger partial charge in [0.2, 0.25) is 0 Å². The molecule has 0 radical (unpaired) electrons. The molecular formula is C10H10N2OS. The van der Waals surface area contributed by atoms with E-state index in [1.54, 1.807) is 29.9 Å². The van der Waals surface area contributed by atoms with Gasteiger partial charge in [0.1, 0.15) is 6.10 Å². The minimum Gasteiger partial charge on any atom is -0.386 e. The standard InChI is InChI=1S/C10H10N2OS/c13-10(6-8-2-1-5-14-8)9-7-11-3-4-12-9/h1-5,7,10,13H,6H2. The van der Waals surface area contributed by atoms with Gasteiger partial charge in [0.05, 0.1) is 11.9 Å². The first-order chi connectivity index (χ1) is 6.86. The summed E-state index contributed by atoms with van der Waals surface area (Å²) in [5.74, 6) is 0. The Labute approximate surface area is 86.1 Å². The van der Waals surface area contributed by atoms with Crippen LogP contribution in [0.1, 0.15) is 16.7 Å². The lowest BCUT2D eigenvalue weighted by Crippen LogP contribution is -2.03. The highest BCUT2D eigenvalue weighted by Gasteiger charge is 2.09. The molecule has 0 fully saturated rings. The fraction of sp³-hybridized carbons (Fsp3) is 0.200. The summed E-state index contributed by atoms with van der Waals surface area (Å²) in [7, 11) is 0. The van der Waals surface area contributed by atoms with Crippen molar-refractivity contribution in [2.45, 2.75) is 12.5 Å². The van der Waals surface area contributed by atoms with Gasteiger partial charge in [0, 0.05) is 23.7 Å². The van der Waals surface area contributed by atoms with E-state index in [9.17, 15) is 5.11 Å². The molecule has 0 aromatic carbocycles. The maximum absolute atomic E-state index is 9.80. The second-order valence-corrected chi connectivity index (χ2v) is 3.96. The summed E-state index contributed by atoms with van der Waals surface area (Å²) >= 11 is 1.64. The van der Waals surface area contributed by atoms with Crippen LogP contribution in [-0.4, -0.2) is 15.1 Å². The van der Waals surface area contributed by atoms with E-state index in [4.69, 9.17) is 0 Å². The molecule has 2 aromatic heterocycles. The molecule has 2 rings (SSSR count). The highest BCUT2D eigenvalue weighted by molar-refractivity contribution is 7.09. The maximum Gasteiger partial charge on any atom is 0.102 e. The third kappa shape index (κ3) is 2.16. The van der Waals surface area contributed by atoms with Gasteiger partial charge >= 0.3 is 0 Å². The second-order valence-electron chi connectivity index (χ2n) is 2.93. The van der Waals surface area contributed by atoms with Gasteiger partial charge in [-0.05, 0) is 11.4 Å². The Balaban J connectivity index is 2.07. The summed E-state index contributed by atoms with van der Waals surface area (Å²) in [5, 5.41) is 11.8. The molecule has 1 unspecified atom stereocenters. The molecule has 0 aliphatic heterocycles. The van der Waals surface area contributed by atoms with Crippen molar-refractivity contribution >= 4 is 11.3 Å². The predicted octanol–water partition coefficient (Wildman–Crippen LogP) is 1.81. The molecule has 0 bridgehead atoms. The van der Waals surface area contributed by atoms with Crippen molar-refractivity contribution < 1.29 is 5.11 Å². The molecule has 1 N–H and O–H groups in total. The molecule has 2 aromatic rings. The smallest absolute Gasteiger partial charge is 0.102 e. The molecule has 1 atom stereocenters. The van der Waals surface area contributed by atoms with E-state index in [1.807, 2.05) is 17.5 Å². The van der Waals surface area contributed by atoms with E-state index >= 15 is 0 Å². The Morgan fingerprint density at radius 1 is 1.43 bits per heavy atom. The number of aliphatic hydroxyl groups excluding tert-OH is 1. The first-order valence-electron chi connectivity index (χ1n) is 4.32. The first kappa shape index (κ1) is 9.30. The third-order valence-corrected chi connectivity index (χ3v) is 2.80. The van der Waals surface area contributed by atoms with Crippen LogP contribution in [0.5, 0.6) is 0 Å². The van der Waals surface area contributed by atoms with Crippen LogP contribution in [0.2, 0.25) is 0 Å². The lowest BCUT2D eigenvalue weighted by Gasteiger charge is -2.06. The predicted molar refractivity (Wildman–Crippen MR) is 55.0 cm³/mol. The van der Waals surface area contributed by atoms with E-state index in [-0.39, 0.29) is 0 Å². The van der Waals surface area contributed by atoms with Gasteiger partial charge < -0.3 is 5.11 Å². The highest BCUT2D eigenvalue weighted by Crippen LogP contribution is 2.18. The quantitative estimate of drug-likeness (QED) is 0.833. The van der Waals surface area contributed by atoms with Crippen molar-refractivity contribution in [2.24, 2.45) is 0 Å². The summed E-state index contributed by atoms with van der Waals surface area (Å²) in [6.45, 7) is 0. The molecule has 0 aliphatic rings. The topological polar surface area (TPSA) is 46.0 Å². The van der Waals surface area contributed by atoms with Crippen LogP contribution in [0.15, 0.2) is 36.1 Å². The Bertz CT molecular complexity index is 374. The average molecular weight is 206 g/mol. The Hall–Kier alpha value is -1.26. The number of thiophene rings is 1. The molecule has 4 heteroatoms. The van der Waals surface area contributed by atoms with Gasteiger partial charge in [0.25, 0.3) is 0 Å². The summed E-state index contributed by atoms with van der Waals surface area (Å²) in [6.07, 6.45) is 4.84. The van der Waals surface area contributed by atoms with Gasteiger partial charge in [-0.15, -0.1) is 11.3 Å². The summed E-state index contributed by atoms with van der Waals surface area (Å²) in [6, 6.07) is 3.98. The zero-order valence-electron chi connectivity index (χ0n) is 7.50. The zero-order valence-corrected chi connectivity index (χ0v) is 8.31. The number of hydrogen-bond acceptors (Lipinski definition) is 4. The Morgan fingerprint density at radius 2 is 2.36 bits per heavy atom. The van der Waals surface area contributed by atoms with Crippen molar-refractivity contribution in [3.63, 3.8) is 0 Å². The Kier molecular flexibility index (Phi) is 2.86. The van der Waals surface area contributed by atoms with Gasteiger partial charge in [-0.1, -0.05) is 6.07 Å². The average Bonchev–Trinajstić information content (AvgIpc) is 2.72. The van der Waals surface area contributed by atoms with E-state index in [0.717, 1.165) is 4.88 Å². The van der Waals surface area contributed by atoms with Gasteiger partial charge in [-0.3, -0.25) is 9.97 Å². The Morgan fingerprint density at radius 3 is 3.00 bits per heavy atom. The third-order valence-electron chi connectivity index (χ3n) is 1.90. The van der Waals surface area contributed by atoms with Crippen molar-refractivity contribution in [3.05, 3.63) is 46.7 Å². The van der Waals surface area contributed by atoms with Gasteiger partial charge in [-0.2, -0.15) is 0 Å². The van der Waals surface area contributed by atoms with Crippen LogP contribution in [-0.2, 0) is 6.42 Å². The summed E-state index contributed by atoms with van der Waals surface area (Å²) in [4.78, 5) is 9.12. The largest absolute Gasteiger partial charge is 0.386 e. The SMILES string of the molecule is OC(Cc1cccs1)c1cnccn1. The van der Waals surface area contributed by atoms with Gasteiger partial charge in [-0.25, -0.2) is 0 Å². The fourth-order valence-corrected chi connectivity index (χ4v) is 1.95. The fourth-order valence-electron chi connectivity index (χ4n) is 1.21. The van der Waals surface area contributed by atoms with Gasteiger partial charge in [0.15, 0.2) is 0 Å². The zero-order chi connectivity index (χ0) is 9.80. The van der Waals surface area contributed by atoms with E-state index in [0.29, 0.717) is 12.1 Å². The minimum atomic E-state index is -0.553. The van der Waals surface area contributed by atoms with Crippen LogP contribution in [0, 0.1) is 0 Å². The molecule has 0 amide bonds. The minimum absolute atomic E-state index is 0.553. The van der Waals surface area contributed by atoms with Crippen molar-refractivity contribution in [1.82, 2.24) is 9.97 Å². The van der Waals surface area contributed by atoms with Crippen molar-refractivity contribution in [1.29, 1.82) is 0 Å². The molecule has 0 aliphatic carbocycles. The molecule has 14 heavy (non-hydrogen) atoms. The number of aliphatic hydroxyl groups is 1.